The van der Waals surface area contributed by atoms with Gasteiger partial charge in [0.1, 0.15) is 11.6 Å². The van der Waals surface area contributed by atoms with Crippen LogP contribution in [-0.4, -0.2) is 15.0 Å². The lowest BCUT2D eigenvalue weighted by molar-refractivity contribution is 0.628. The van der Waals surface area contributed by atoms with Crippen molar-refractivity contribution in [3.63, 3.8) is 0 Å². The van der Waals surface area contributed by atoms with Gasteiger partial charge >= 0.3 is 0 Å². The minimum atomic E-state index is -0.287. The van der Waals surface area contributed by atoms with Crippen molar-refractivity contribution in [2.24, 2.45) is 0 Å². The molecule has 3 rings (SSSR count). The number of hydrogen-bond acceptors (Lipinski definition) is 5. The Hall–Kier alpha value is -3.02. The molecule has 6 heteroatoms. The Morgan fingerprint density at radius 1 is 1.04 bits per heavy atom. The monoisotopic (exact) mass is 337 g/mol. The van der Waals surface area contributed by atoms with Crippen molar-refractivity contribution in [1.29, 1.82) is 0 Å². The molecule has 0 aliphatic carbocycles. The van der Waals surface area contributed by atoms with Gasteiger partial charge in [-0.1, -0.05) is 12.1 Å². The SMILES string of the molecule is Cc1ccc(F)cc1Nc1nc(NCc2ccccn2)nc(C)c1C. The maximum atomic E-state index is 13.5. The van der Waals surface area contributed by atoms with Crippen molar-refractivity contribution in [2.45, 2.75) is 27.3 Å². The standard InChI is InChI=1S/C19H20FN5/c1-12-7-8-15(20)10-17(12)24-18-13(2)14(3)23-19(25-18)22-11-16-6-4-5-9-21-16/h4-10H,11H2,1-3H3,(H2,22,23,24,25). The summed E-state index contributed by atoms with van der Waals surface area (Å²) in [5.74, 6) is 0.875. The molecule has 1 aromatic carbocycles. The molecule has 0 radical (unpaired) electrons. The predicted octanol–water partition coefficient (Wildman–Crippen LogP) is 4.29. The summed E-state index contributed by atoms with van der Waals surface area (Å²) in [7, 11) is 0. The fourth-order valence-corrected chi connectivity index (χ4v) is 2.36. The summed E-state index contributed by atoms with van der Waals surface area (Å²) in [5, 5.41) is 6.40. The summed E-state index contributed by atoms with van der Waals surface area (Å²) in [4.78, 5) is 13.3. The van der Waals surface area contributed by atoms with Crippen LogP contribution in [0.5, 0.6) is 0 Å². The van der Waals surface area contributed by atoms with Crippen LogP contribution in [0.15, 0.2) is 42.6 Å². The Morgan fingerprint density at radius 3 is 2.64 bits per heavy atom. The van der Waals surface area contributed by atoms with Gasteiger partial charge in [0.2, 0.25) is 5.95 Å². The molecule has 0 atom stereocenters. The third-order valence-corrected chi connectivity index (χ3v) is 4.00. The number of pyridine rings is 1. The van der Waals surface area contributed by atoms with E-state index in [1.54, 1.807) is 12.3 Å². The van der Waals surface area contributed by atoms with Gasteiger partial charge in [0, 0.05) is 23.1 Å². The van der Waals surface area contributed by atoms with Crippen LogP contribution in [0.2, 0.25) is 0 Å². The van der Waals surface area contributed by atoms with E-state index >= 15 is 0 Å². The third kappa shape index (κ3) is 4.09. The van der Waals surface area contributed by atoms with Gasteiger partial charge in [0.25, 0.3) is 0 Å². The van der Waals surface area contributed by atoms with Gasteiger partial charge in [-0.05, 0) is 50.6 Å². The molecular formula is C19H20FN5. The first-order chi connectivity index (χ1) is 12.0. The number of nitrogens with zero attached hydrogens (tertiary/aromatic N) is 3. The lowest BCUT2D eigenvalue weighted by atomic mass is 10.2. The number of aryl methyl sites for hydroxylation is 2. The van der Waals surface area contributed by atoms with Crippen LogP contribution in [0.4, 0.5) is 21.8 Å². The Kier molecular flexibility index (Phi) is 4.88. The second kappa shape index (κ2) is 7.25. The first kappa shape index (κ1) is 16.8. The van der Waals surface area contributed by atoms with Gasteiger partial charge in [-0.3, -0.25) is 4.98 Å². The average molecular weight is 337 g/mol. The van der Waals surface area contributed by atoms with Crippen LogP contribution in [0.25, 0.3) is 0 Å². The molecule has 0 saturated carbocycles. The third-order valence-electron chi connectivity index (χ3n) is 4.00. The number of halogens is 1. The highest BCUT2D eigenvalue weighted by Crippen LogP contribution is 2.24. The summed E-state index contributed by atoms with van der Waals surface area (Å²) >= 11 is 0. The van der Waals surface area contributed by atoms with E-state index in [0.29, 0.717) is 24.0 Å². The topological polar surface area (TPSA) is 62.7 Å². The number of rotatable bonds is 5. The molecule has 2 heterocycles. The molecular weight excluding hydrogens is 317 g/mol. The van der Waals surface area contributed by atoms with E-state index in [2.05, 4.69) is 25.6 Å². The molecule has 0 aliphatic heterocycles. The van der Waals surface area contributed by atoms with Crippen LogP contribution in [0.1, 0.15) is 22.5 Å². The van der Waals surface area contributed by atoms with E-state index in [-0.39, 0.29) is 5.82 Å². The van der Waals surface area contributed by atoms with Crippen molar-refractivity contribution in [2.75, 3.05) is 10.6 Å². The number of nitrogens with one attached hydrogen (secondary N) is 2. The van der Waals surface area contributed by atoms with Crippen molar-refractivity contribution in [3.8, 4) is 0 Å². The van der Waals surface area contributed by atoms with Crippen LogP contribution >= 0.6 is 0 Å². The molecule has 2 N–H and O–H groups in total. The smallest absolute Gasteiger partial charge is 0.225 e. The van der Waals surface area contributed by atoms with Gasteiger partial charge in [0.05, 0.1) is 12.2 Å². The minimum absolute atomic E-state index is 0.287. The predicted molar refractivity (Wildman–Crippen MR) is 97.5 cm³/mol. The Bertz CT molecular complexity index is 880. The summed E-state index contributed by atoms with van der Waals surface area (Å²) in [6.45, 7) is 6.31. The Labute approximate surface area is 146 Å². The van der Waals surface area contributed by atoms with E-state index in [1.165, 1.54) is 12.1 Å². The average Bonchev–Trinajstić information content (AvgIpc) is 2.61. The first-order valence-electron chi connectivity index (χ1n) is 8.05. The van der Waals surface area contributed by atoms with Crippen LogP contribution in [-0.2, 0) is 6.54 Å². The zero-order valence-electron chi connectivity index (χ0n) is 14.5. The van der Waals surface area contributed by atoms with Gasteiger partial charge in [-0.2, -0.15) is 4.98 Å². The van der Waals surface area contributed by atoms with Crippen molar-refractivity contribution in [1.82, 2.24) is 15.0 Å². The zero-order valence-corrected chi connectivity index (χ0v) is 14.5. The molecule has 0 aliphatic rings. The largest absolute Gasteiger partial charge is 0.349 e. The maximum Gasteiger partial charge on any atom is 0.225 e. The summed E-state index contributed by atoms with van der Waals surface area (Å²) in [6.07, 6.45) is 1.75. The molecule has 3 aromatic rings. The molecule has 0 bridgehead atoms. The molecule has 0 amide bonds. The van der Waals surface area contributed by atoms with Gasteiger partial charge in [-0.15, -0.1) is 0 Å². The number of benzene rings is 1. The quantitative estimate of drug-likeness (QED) is 0.727. The first-order valence-corrected chi connectivity index (χ1v) is 8.05. The fourth-order valence-electron chi connectivity index (χ4n) is 2.36. The second-order valence-corrected chi connectivity index (χ2v) is 5.87. The van der Waals surface area contributed by atoms with Crippen LogP contribution in [0.3, 0.4) is 0 Å². The van der Waals surface area contributed by atoms with E-state index < -0.39 is 0 Å². The normalized spacial score (nSPS) is 10.6. The Morgan fingerprint density at radius 2 is 1.88 bits per heavy atom. The Balaban J connectivity index is 1.84. The molecule has 0 fully saturated rings. The lowest BCUT2D eigenvalue weighted by Crippen LogP contribution is -2.09. The van der Waals surface area contributed by atoms with Crippen molar-refractivity contribution in [3.05, 3.63) is 70.9 Å². The van der Waals surface area contributed by atoms with Gasteiger partial charge in [0.15, 0.2) is 0 Å². The van der Waals surface area contributed by atoms with Crippen LogP contribution < -0.4 is 10.6 Å². The van der Waals surface area contributed by atoms with E-state index in [0.717, 1.165) is 22.5 Å². The highest BCUT2D eigenvalue weighted by molar-refractivity contribution is 5.64. The van der Waals surface area contributed by atoms with Crippen molar-refractivity contribution < 1.29 is 4.39 Å². The number of aromatic nitrogens is 3. The molecule has 128 valence electrons. The minimum Gasteiger partial charge on any atom is -0.349 e. The van der Waals surface area contributed by atoms with Crippen LogP contribution in [0, 0.1) is 26.6 Å². The molecule has 0 saturated heterocycles. The highest BCUT2D eigenvalue weighted by Gasteiger charge is 2.10. The van der Waals surface area contributed by atoms with Gasteiger partial charge in [-0.25, -0.2) is 9.37 Å². The zero-order chi connectivity index (χ0) is 17.8. The fraction of sp³-hybridized carbons (Fsp3) is 0.211. The molecule has 25 heavy (non-hydrogen) atoms. The van der Waals surface area contributed by atoms with Gasteiger partial charge < -0.3 is 10.6 Å². The van der Waals surface area contributed by atoms with E-state index in [1.807, 2.05) is 39.0 Å². The number of anilines is 3. The highest BCUT2D eigenvalue weighted by atomic mass is 19.1. The lowest BCUT2D eigenvalue weighted by Gasteiger charge is -2.14. The molecule has 0 unspecified atom stereocenters. The van der Waals surface area contributed by atoms with E-state index in [4.69, 9.17) is 0 Å². The molecule has 0 spiro atoms. The molecule has 2 aromatic heterocycles. The van der Waals surface area contributed by atoms with E-state index in [9.17, 15) is 4.39 Å². The number of hydrogen-bond donors (Lipinski definition) is 2. The summed E-state index contributed by atoms with van der Waals surface area (Å²) in [5.41, 5.74) is 4.32. The summed E-state index contributed by atoms with van der Waals surface area (Å²) < 4.78 is 13.5. The van der Waals surface area contributed by atoms with Crippen molar-refractivity contribution >= 4 is 17.5 Å². The maximum absolute atomic E-state index is 13.5. The second-order valence-electron chi connectivity index (χ2n) is 5.87. The summed E-state index contributed by atoms with van der Waals surface area (Å²) in [6, 6.07) is 10.4. The molecule has 5 nitrogen and oxygen atoms in total.